The van der Waals surface area contributed by atoms with E-state index in [-0.39, 0.29) is 5.03 Å². The Morgan fingerprint density at radius 1 is 1.11 bits per heavy atom. The summed E-state index contributed by atoms with van der Waals surface area (Å²) in [5.41, 5.74) is 2.07. The van der Waals surface area contributed by atoms with Gasteiger partial charge in [-0.15, -0.1) is 10.2 Å². The summed E-state index contributed by atoms with van der Waals surface area (Å²) < 4.78 is 21.9. The highest BCUT2D eigenvalue weighted by molar-refractivity contribution is 7.99. The van der Waals surface area contributed by atoms with Gasteiger partial charge in [-0.2, -0.15) is 0 Å². The minimum atomic E-state index is -0.423. The highest BCUT2D eigenvalue weighted by Crippen LogP contribution is 2.34. The Hall–Kier alpha value is -3.00. The first-order chi connectivity index (χ1) is 13.2. The molecule has 0 saturated carbocycles. The first-order valence-corrected chi connectivity index (χ1v) is 9.23. The fraction of sp³-hybridized carbons (Fsp3) is 0.158. The Morgan fingerprint density at radius 2 is 1.93 bits per heavy atom. The van der Waals surface area contributed by atoms with E-state index in [0.717, 1.165) is 28.8 Å². The maximum Gasteiger partial charge on any atom is 0.202 e. The molecule has 0 aliphatic heterocycles. The summed E-state index contributed by atoms with van der Waals surface area (Å²) >= 11 is 1.12. The van der Waals surface area contributed by atoms with Crippen molar-refractivity contribution in [2.75, 3.05) is 0 Å². The molecule has 136 valence electrons. The smallest absolute Gasteiger partial charge is 0.202 e. The van der Waals surface area contributed by atoms with Crippen LogP contribution in [0.1, 0.15) is 18.4 Å². The number of furan rings is 1. The minimum absolute atomic E-state index is 0.224. The predicted octanol–water partition coefficient (Wildman–Crippen LogP) is 4.48. The van der Waals surface area contributed by atoms with Gasteiger partial charge in [-0.05, 0) is 43.3 Å². The Labute approximate surface area is 159 Å². The Morgan fingerprint density at radius 3 is 2.63 bits per heavy atom. The van der Waals surface area contributed by atoms with Crippen molar-refractivity contribution in [2.24, 2.45) is 0 Å². The molecule has 6 nitrogen and oxygen atoms in total. The van der Waals surface area contributed by atoms with Crippen LogP contribution in [-0.4, -0.2) is 24.7 Å². The zero-order valence-corrected chi connectivity index (χ0v) is 15.6. The van der Waals surface area contributed by atoms with Crippen LogP contribution in [0.4, 0.5) is 4.39 Å². The molecule has 0 aliphatic rings. The topological polar surface area (TPSA) is 69.6 Å². The molecule has 0 atom stereocenters. The van der Waals surface area contributed by atoms with Crippen LogP contribution in [0.15, 0.2) is 63.6 Å². The van der Waals surface area contributed by atoms with Gasteiger partial charge in [0.25, 0.3) is 0 Å². The maximum atomic E-state index is 14.6. The van der Waals surface area contributed by atoms with Crippen molar-refractivity contribution in [3.8, 4) is 17.1 Å². The lowest BCUT2D eigenvalue weighted by Gasteiger charge is -2.10. The van der Waals surface area contributed by atoms with E-state index in [2.05, 4.69) is 20.2 Å². The summed E-state index contributed by atoms with van der Waals surface area (Å²) in [5, 5.41) is 9.35. The molecule has 0 bridgehead atoms. The number of hydrogen-bond acceptors (Lipinski definition) is 6. The van der Waals surface area contributed by atoms with Gasteiger partial charge in [0.05, 0.1) is 17.5 Å². The highest BCUT2D eigenvalue weighted by Gasteiger charge is 2.21. The van der Waals surface area contributed by atoms with Crippen LogP contribution >= 0.6 is 11.8 Å². The van der Waals surface area contributed by atoms with E-state index in [0.29, 0.717) is 23.1 Å². The summed E-state index contributed by atoms with van der Waals surface area (Å²) in [6.07, 6.45) is 3.47. The van der Waals surface area contributed by atoms with Gasteiger partial charge in [0.2, 0.25) is 5.16 Å². The fourth-order valence-corrected chi connectivity index (χ4v) is 3.57. The van der Waals surface area contributed by atoms with Crippen molar-refractivity contribution in [2.45, 2.75) is 30.5 Å². The van der Waals surface area contributed by atoms with Crippen molar-refractivity contribution in [1.29, 1.82) is 0 Å². The molecule has 0 saturated heterocycles. The van der Waals surface area contributed by atoms with E-state index in [1.165, 1.54) is 6.33 Å². The zero-order valence-electron chi connectivity index (χ0n) is 14.8. The lowest BCUT2D eigenvalue weighted by atomic mass is 10.2. The molecule has 0 N–H and O–H groups in total. The summed E-state index contributed by atoms with van der Waals surface area (Å²) in [6, 6.07) is 11.5. The van der Waals surface area contributed by atoms with Crippen molar-refractivity contribution >= 4 is 11.8 Å². The Bertz CT molecular complexity index is 1080. The third-order valence-corrected chi connectivity index (χ3v) is 5.02. The second kappa shape index (κ2) is 7.32. The maximum absolute atomic E-state index is 14.6. The number of nitrogens with zero attached hydrogens (tertiary/aromatic N) is 5. The molecule has 1 aromatic carbocycles. The third-order valence-electron chi connectivity index (χ3n) is 4.10. The lowest BCUT2D eigenvalue weighted by molar-refractivity contribution is 0.535. The van der Waals surface area contributed by atoms with E-state index in [4.69, 9.17) is 4.42 Å². The number of halogens is 1. The lowest BCUT2D eigenvalue weighted by Crippen LogP contribution is -2.02. The number of benzene rings is 1. The number of aryl methyl sites for hydroxylation is 2. The molecular weight excluding hydrogens is 365 g/mol. The van der Waals surface area contributed by atoms with Crippen LogP contribution in [0.3, 0.4) is 0 Å². The molecule has 4 rings (SSSR count). The van der Waals surface area contributed by atoms with E-state index in [9.17, 15) is 4.39 Å². The second-order valence-electron chi connectivity index (χ2n) is 5.76. The molecule has 4 aromatic rings. The molecule has 3 aromatic heterocycles. The van der Waals surface area contributed by atoms with Crippen molar-refractivity contribution in [3.05, 3.63) is 66.3 Å². The molecule has 0 amide bonds. The second-order valence-corrected chi connectivity index (χ2v) is 6.72. The third kappa shape index (κ3) is 3.23. The molecule has 3 heterocycles. The Balaban J connectivity index is 1.85. The first-order valence-electron chi connectivity index (χ1n) is 8.41. The van der Waals surface area contributed by atoms with Crippen LogP contribution in [0.5, 0.6) is 0 Å². The van der Waals surface area contributed by atoms with Gasteiger partial charge in [0, 0.05) is 5.69 Å². The summed E-state index contributed by atoms with van der Waals surface area (Å²) in [5.74, 6) is 0.936. The number of aromatic nitrogens is 5. The monoisotopic (exact) mass is 381 g/mol. The van der Waals surface area contributed by atoms with Crippen LogP contribution in [0.2, 0.25) is 0 Å². The molecule has 0 aliphatic carbocycles. The first kappa shape index (κ1) is 17.4. The van der Waals surface area contributed by atoms with Gasteiger partial charge in [0.15, 0.2) is 11.6 Å². The molecule has 0 spiro atoms. The quantitative estimate of drug-likeness (QED) is 0.475. The predicted molar refractivity (Wildman–Crippen MR) is 99.3 cm³/mol. The van der Waals surface area contributed by atoms with Gasteiger partial charge in [-0.1, -0.05) is 25.1 Å². The van der Waals surface area contributed by atoms with Crippen LogP contribution < -0.4 is 0 Å². The van der Waals surface area contributed by atoms with Crippen molar-refractivity contribution in [1.82, 2.24) is 24.7 Å². The SMILES string of the molecule is CCc1ncnc(Sc2nnc(-c3ccoc3C)n2-c2ccccc2)c1F. The van der Waals surface area contributed by atoms with Gasteiger partial charge in [-0.25, -0.2) is 14.4 Å². The molecule has 0 fully saturated rings. The van der Waals surface area contributed by atoms with Crippen LogP contribution in [-0.2, 0) is 6.42 Å². The normalized spacial score (nSPS) is 11.1. The van der Waals surface area contributed by atoms with Crippen molar-refractivity contribution in [3.63, 3.8) is 0 Å². The molecule has 8 heteroatoms. The fourth-order valence-electron chi connectivity index (χ4n) is 2.73. The number of para-hydroxylation sites is 1. The van der Waals surface area contributed by atoms with Crippen LogP contribution in [0.25, 0.3) is 17.1 Å². The summed E-state index contributed by atoms with van der Waals surface area (Å²) in [6.45, 7) is 3.72. The summed E-state index contributed by atoms with van der Waals surface area (Å²) in [7, 11) is 0. The van der Waals surface area contributed by atoms with E-state index in [1.54, 1.807) is 6.26 Å². The van der Waals surface area contributed by atoms with Gasteiger partial charge < -0.3 is 4.42 Å². The summed E-state index contributed by atoms with van der Waals surface area (Å²) in [4.78, 5) is 8.07. The molecule has 0 unspecified atom stereocenters. The molecular formula is C19H16FN5OS. The van der Waals surface area contributed by atoms with Gasteiger partial charge >= 0.3 is 0 Å². The van der Waals surface area contributed by atoms with E-state index < -0.39 is 5.82 Å². The van der Waals surface area contributed by atoms with E-state index >= 15 is 0 Å². The van der Waals surface area contributed by atoms with Crippen molar-refractivity contribution < 1.29 is 8.81 Å². The largest absolute Gasteiger partial charge is 0.469 e. The van der Waals surface area contributed by atoms with E-state index in [1.807, 2.05) is 54.8 Å². The Kier molecular flexibility index (Phi) is 4.72. The molecule has 27 heavy (non-hydrogen) atoms. The van der Waals surface area contributed by atoms with Gasteiger partial charge in [-0.3, -0.25) is 4.57 Å². The average molecular weight is 381 g/mol. The number of rotatable bonds is 5. The zero-order chi connectivity index (χ0) is 18.8. The van der Waals surface area contributed by atoms with Gasteiger partial charge in [0.1, 0.15) is 17.1 Å². The number of hydrogen-bond donors (Lipinski definition) is 0. The van der Waals surface area contributed by atoms with Crippen LogP contribution in [0, 0.1) is 12.7 Å². The standard InChI is InChI=1S/C19H16FN5OS/c1-3-15-16(20)18(22-11-21-15)27-19-24-23-17(14-9-10-26-12(14)2)25(19)13-7-5-4-6-8-13/h4-11H,3H2,1-2H3. The molecule has 0 radical (unpaired) electrons. The average Bonchev–Trinajstić information content (AvgIpc) is 3.30. The highest BCUT2D eigenvalue weighted by atomic mass is 32.2. The minimum Gasteiger partial charge on any atom is -0.469 e.